The first-order valence-electron chi connectivity index (χ1n) is 6.39. The Morgan fingerprint density at radius 1 is 1.50 bits per heavy atom. The fraction of sp³-hybridized carbons (Fsp3) is 0.500. The van der Waals surface area contributed by atoms with Crippen LogP contribution in [0.1, 0.15) is 31.7 Å². The SMILES string of the molecule is CC1CCC(CNc2cc(Br)ccc2C(N)=S)C1. The van der Waals surface area contributed by atoms with Crippen LogP contribution in [0.3, 0.4) is 0 Å². The Balaban J connectivity index is 2.04. The van der Waals surface area contributed by atoms with Gasteiger partial charge in [0.15, 0.2) is 0 Å². The highest BCUT2D eigenvalue weighted by molar-refractivity contribution is 9.10. The molecule has 0 heterocycles. The van der Waals surface area contributed by atoms with E-state index in [1.807, 2.05) is 18.2 Å². The van der Waals surface area contributed by atoms with Gasteiger partial charge in [0.1, 0.15) is 4.99 Å². The molecule has 0 spiro atoms. The third kappa shape index (κ3) is 3.45. The van der Waals surface area contributed by atoms with E-state index in [2.05, 4.69) is 28.2 Å². The Morgan fingerprint density at radius 3 is 2.89 bits per heavy atom. The normalized spacial score (nSPS) is 23.0. The van der Waals surface area contributed by atoms with E-state index in [9.17, 15) is 0 Å². The Bertz CT molecular complexity index is 447. The van der Waals surface area contributed by atoms with Gasteiger partial charge in [-0.25, -0.2) is 0 Å². The van der Waals surface area contributed by atoms with Crippen LogP contribution in [0.25, 0.3) is 0 Å². The summed E-state index contributed by atoms with van der Waals surface area (Å²) < 4.78 is 1.05. The molecule has 2 nitrogen and oxygen atoms in total. The van der Waals surface area contributed by atoms with Crippen LogP contribution in [0, 0.1) is 11.8 Å². The molecule has 2 rings (SSSR count). The molecule has 1 aliphatic rings. The number of rotatable bonds is 4. The molecule has 0 radical (unpaired) electrons. The molecule has 1 saturated carbocycles. The van der Waals surface area contributed by atoms with Crippen LogP contribution in [-0.4, -0.2) is 11.5 Å². The maximum absolute atomic E-state index is 5.75. The second-order valence-electron chi connectivity index (χ2n) is 5.22. The van der Waals surface area contributed by atoms with E-state index in [1.54, 1.807) is 0 Å². The van der Waals surface area contributed by atoms with Gasteiger partial charge in [0, 0.05) is 22.3 Å². The number of hydrogen-bond donors (Lipinski definition) is 2. The summed E-state index contributed by atoms with van der Waals surface area (Å²) in [5.74, 6) is 1.65. The van der Waals surface area contributed by atoms with E-state index in [4.69, 9.17) is 18.0 Å². The van der Waals surface area contributed by atoms with E-state index in [-0.39, 0.29) is 0 Å². The summed E-state index contributed by atoms with van der Waals surface area (Å²) in [6.07, 6.45) is 4.00. The van der Waals surface area contributed by atoms with Gasteiger partial charge in [-0.1, -0.05) is 41.5 Å². The Morgan fingerprint density at radius 2 is 2.28 bits per heavy atom. The Hall–Kier alpha value is -0.610. The summed E-state index contributed by atoms with van der Waals surface area (Å²) in [5, 5.41) is 3.50. The van der Waals surface area contributed by atoms with Gasteiger partial charge in [0.05, 0.1) is 0 Å². The van der Waals surface area contributed by atoms with Crippen LogP contribution in [0.4, 0.5) is 5.69 Å². The molecule has 0 saturated heterocycles. The number of thiocarbonyl (C=S) groups is 1. The van der Waals surface area contributed by atoms with Gasteiger partial charge in [0.2, 0.25) is 0 Å². The smallest absolute Gasteiger partial charge is 0.106 e. The van der Waals surface area contributed by atoms with Gasteiger partial charge in [-0.15, -0.1) is 0 Å². The van der Waals surface area contributed by atoms with Gasteiger partial charge >= 0.3 is 0 Å². The minimum Gasteiger partial charge on any atom is -0.389 e. The molecule has 0 aromatic heterocycles. The third-order valence-electron chi connectivity index (χ3n) is 3.63. The van der Waals surface area contributed by atoms with Crippen LogP contribution in [-0.2, 0) is 0 Å². The average molecular weight is 327 g/mol. The lowest BCUT2D eigenvalue weighted by Crippen LogP contribution is -2.16. The number of nitrogens with one attached hydrogen (secondary N) is 1. The maximum Gasteiger partial charge on any atom is 0.106 e. The van der Waals surface area contributed by atoms with E-state index >= 15 is 0 Å². The molecule has 0 amide bonds. The molecule has 1 aromatic rings. The van der Waals surface area contributed by atoms with E-state index in [0.717, 1.165) is 34.1 Å². The van der Waals surface area contributed by atoms with Crippen molar-refractivity contribution in [1.82, 2.24) is 0 Å². The molecule has 4 heteroatoms. The van der Waals surface area contributed by atoms with Crippen molar-refractivity contribution >= 4 is 38.8 Å². The molecule has 0 bridgehead atoms. The zero-order valence-electron chi connectivity index (χ0n) is 10.6. The standard InChI is InChI=1S/C14H19BrN2S/c1-9-2-3-10(6-9)8-17-13-7-11(15)4-5-12(13)14(16)18/h4-5,7,9-10,17H,2-3,6,8H2,1H3,(H2,16,18). The van der Waals surface area contributed by atoms with Crippen LogP contribution < -0.4 is 11.1 Å². The second kappa shape index (κ2) is 6.02. The molecule has 2 atom stereocenters. The Labute approximate surface area is 122 Å². The molecular formula is C14H19BrN2S. The van der Waals surface area contributed by atoms with Gasteiger partial charge in [-0.2, -0.15) is 0 Å². The maximum atomic E-state index is 5.75. The van der Waals surface area contributed by atoms with Crippen molar-refractivity contribution in [2.24, 2.45) is 17.6 Å². The molecule has 0 aliphatic heterocycles. The summed E-state index contributed by atoms with van der Waals surface area (Å²) in [5.41, 5.74) is 7.71. The highest BCUT2D eigenvalue weighted by atomic mass is 79.9. The van der Waals surface area contributed by atoms with Crippen molar-refractivity contribution in [3.63, 3.8) is 0 Å². The van der Waals surface area contributed by atoms with Gasteiger partial charge in [0.25, 0.3) is 0 Å². The number of nitrogens with two attached hydrogens (primary N) is 1. The molecule has 1 aliphatic carbocycles. The van der Waals surface area contributed by atoms with Crippen molar-refractivity contribution in [3.05, 3.63) is 28.2 Å². The lowest BCUT2D eigenvalue weighted by atomic mass is 10.1. The zero-order valence-corrected chi connectivity index (χ0v) is 13.0. The first-order chi connectivity index (χ1) is 8.56. The van der Waals surface area contributed by atoms with Crippen LogP contribution in [0.15, 0.2) is 22.7 Å². The van der Waals surface area contributed by atoms with Crippen molar-refractivity contribution in [1.29, 1.82) is 0 Å². The third-order valence-corrected chi connectivity index (χ3v) is 4.34. The van der Waals surface area contributed by atoms with Crippen molar-refractivity contribution < 1.29 is 0 Å². The van der Waals surface area contributed by atoms with Crippen molar-refractivity contribution in [3.8, 4) is 0 Å². The quantitative estimate of drug-likeness (QED) is 0.823. The summed E-state index contributed by atoms with van der Waals surface area (Å²) in [6, 6.07) is 5.98. The van der Waals surface area contributed by atoms with Crippen LogP contribution in [0.5, 0.6) is 0 Å². The van der Waals surface area contributed by atoms with E-state index in [0.29, 0.717) is 4.99 Å². The summed E-state index contributed by atoms with van der Waals surface area (Å²) in [4.78, 5) is 0.449. The van der Waals surface area contributed by atoms with E-state index in [1.165, 1.54) is 19.3 Å². The fourth-order valence-corrected chi connectivity index (χ4v) is 3.18. The molecule has 98 valence electrons. The summed E-state index contributed by atoms with van der Waals surface area (Å²) in [6.45, 7) is 3.34. The van der Waals surface area contributed by atoms with E-state index < -0.39 is 0 Å². The topological polar surface area (TPSA) is 38.0 Å². The van der Waals surface area contributed by atoms with Crippen molar-refractivity contribution in [2.45, 2.75) is 26.2 Å². The molecule has 18 heavy (non-hydrogen) atoms. The predicted molar refractivity (Wildman–Crippen MR) is 85.0 cm³/mol. The highest BCUT2D eigenvalue weighted by Crippen LogP contribution is 2.31. The zero-order chi connectivity index (χ0) is 13.1. The fourth-order valence-electron chi connectivity index (χ4n) is 2.64. The molecule has 3 N–H and O–H groups in total. The lowest BCUT2D eigenvalue weighted by molar-refractivity contribution is 0.537. The summed E-state index contributed by atoms with van der Waals surface area (Å²) in [7, 11) is 0. The first kappa shape index (κ1) is 13.8. The number of anilines is 1. The number of halogens is 1. The van der Waals surface area contributed by atoms with Crippen molar-refractivity contribution in [2.75, 3.05) is 11.9 Å². The summed E-state index contributed by atoms with van der Waals surface area (Å²) >= 11 is 8.57. The molecule has 1 aromatic carbocycles. The lowest BCUT2D eigenvalue weighted by Gasteiger charge is -2.15. The molecule has 1 fully saturated rings. The number of hydrogen-bond acceptors (Lipinski definition) is 2. The van der Waals surface area contributed by atoms with Gasteiger partial charge in [-0.3, -0.25) is 0 Å². The predicted octanol–water partition coefficient (Wildman–Crippen LogP) is 3.93. The second-order valence-corrected chi connectivity index (χ2v) is 6.57. The van der Waals surface area contributed by atoms with Gasteiger partial charge in [-0.05, 0) is 42.9 Å². The van der Waals surface area contributed by atoms with Gasteiger partial charge < -0.3 is 11.1 Å². The van der Waals surface area contributed by atoms with Crippen LogP contribution in [0.2, 0.25) is 0 Å². The largest absolute Gasteiger partial charge is 0.389 e. The highest BCUT2D eigenvalue weighted by Gasteiger charge is 2.21. The average Bonchev–Trinajstić information content (AvgIpc) is 2.72. The molecular weight excluding hydrogens is 308 g/mol. The van der Waals surface area contributed by atoms with Crippen LogP contribution >= 0.6 is 28.1 Å². The number of benzene rings is 1. The Kier molecular flexibility index (Phi) is 4.62. The monoisotopic (exact) mass is 326 g/mol. The minimum atomic E-state index is 0.449. The molecule has 2 unspecified atom stereocenters. The first-order valence-corrected chi connectivity index (χ1v) is 7.59. The minimum absolute atomic E-state index is 0.449.